The standard InChI is InChI=1S/C27H26N2O3/c1-20-12-14-23(15-13-20)31-19-18-28-24(30)16-17-25-29-26(21-8-4-2-5-9-21)27(32-25)22-10-6-3-7-11-22/h2-15H,16-19H2,1H3,(H,28,30). The van der Waals surface area contributed by atoms with Crippen molar-refractivity contribution in [3.8, 4) is 28.3 Å². The average molecular weight is 427 g/mol. The number of ether oxygens (including phenoxy) is 1. The second kappa shape index (κ2) is 10.4. The fraction of sp³-hybridized carbons (Fsp3) is 0.185. The molecule has 0 aliphatic heterocycles. The van der Waals surface area contributed by atoms with Crippen molar-refractivity contribution < 1.29 is 13.9 Å². The minimum atomic E-state index is -0.0572. The van der Waals surface area contributed by atoms with E-state index in [0.29, 0.717) is 31.9 Å². The third-order valence-corrected chi connectivity index (χ3v) is 5.03. The molecular formula is C27H26N2O3. The van der Waals surface area contributed by atoms with E-state index in [2.05, 4.69) is 5.32 Å². The zero-order chi connectivity index (χ0) is 22.2. The first kappa shape index (κ1) is 21.4. The predicted octanol–water partition coefficient (Wildman–Crippen LogP) is 5.44. The van der Waals surface area contributed by atoms with Crippen molar-refractivity contribution in [3.63, 3.8) is 0 Å². The number of rotatable bonds is 9. The van der Waals surface area contributed by atoms with Crippen molar-refractivity contribution in [2.24, 2.45) is 0 Å². The fourth-order valence-electron chi connectivity index (χ4n) is 3.35. The van der Waals surface area contributed by atoms with E-state index in [0.717, 1.165) is 28.3 Å². The summed E-state index contributed by atoms with van der Waals surface area (Å²) in [6, 6.07) is 27.7. The van der Waals surface area contributed by atoms with Gasteiger partial charge in [0.2, 0.25) is 5.91 Å². The van der Waals surface area contributed by atoms with E-state index in [4.69, 9.17) is 14.1 Å². The Hall–Kier alpha value is -3.86. The number of oxazole rings is 1. The Morgan fingerprint density at radius 3 is 2.25 bits per heavy atom. The Bertz CT molecular complexity index is 1080. The van der Waals surface area contributed by atoms with E-state index < -0.39 is 0 Å². The summed E-state index contributed by atoms with van der Waals surface area (Å²) in [5.74, 6) is 2.01. The van der Waals surface area contributed by atoms with Gasteiger partial charge in [0.15, 0.2) is 11.7 Å². The van der Waals surface area contributed by atoms with Crippen LogP contribution in [0.4, 0.5) is 0 Å². The normalized spacial score (nSPS) is 10.7. The lowest BCUT2D eigenvalue weighted by atomic mass is 10.1. The van der Waals surface area contributed by atoms with Gasteiger partial charge in [0, 0.05) is 24.0 Å². The van der Waals surface area contributed by atoms with Gasteiger partial charge in [-0.05, 0) is 19.1 Å². The molecule has 4 rings (SSSR count). The minimum Gasteiger partial charge on any atom is -0.492 e. The molecule has 0 radical (unpaired) electrons. The van der Waals surface area contributed by atoms with Crippen molar-refractivity contribution >= 4 is 5.91 Å². The zero-order valence-electron chi connectivity index (χ0n) is 18.1. The average Bonchev–Trinajstić information content (AvgIpc) is 3.27. The van der Waals surface area contributed by atoms with Gasteiger partial charge in [0.05, 0.1) is 6.54 Å². The van der Waals surface area contributed by atoms with Crippen LogP contribution in [-0.2, 0) is 11.2 Å². The van der Waals surface area contributed by atoms with Crippen LogP contribution in [-0.4, -0.2) is 24.0 Å². The molecule has 0 saturated heterocycles. The number of hydrogen-bond acceptors (Lipinski definition) is 4. The van der Waals surface area contributed by atoms with Crippen LogP contribution in [0.25, 0.3) is 22.6 Å². The summed E-state index contributed by atoms with van der Waals surface area (Å²) in [5, 5.41) is 2.89. The molecule has 0 unspecified atom stereocenters. The first-order valence-electron chi connectivity index (χ1n) is 10.8. The van der Waals surface area contributed by atoms with Crippen molar-refractivity contribution in [1.29, 1.82) is 0 Å². The molecule has 1 amide bonds. The maximum absolute atomic E-state index is 12.3. The molecule has 1 heterocycles. The van der Waals surface area contributed by atoms with E-state index in [1.54, 1.807) is 0 Å². The molecule has 32 heavy (non-hydrogen) atoms. The summed E-state index contributed by atoms with van der Waals surface area (Å²) in [6.07, 6.45) is 0.727. The lowest BCUT2D eigenvalue weighted by molar-refractivity contribution is -0.121. The molecular weight excluding hydrogens is 400 g/mol. The highest BCUT2D eigenvalue weighted by molar-refractivity contribution is 5.77. The predicted molar refractivity (Wildman–Crippen MR) is 125 cm³/mol. The number of hydrogen-bond donors (Lipinski definition) is 1. The van der Waals surface area contributed by atoms with Crippen LogP contribution in [0.15, 0.2) is 89.3 Å². The van der Waals surface area contributed by atoms with Crippen LogP contribution in [0.5, 0.6) is 5.75 Å². The van der Waals surface area contributed by atoms with Crippen LogP contribution in [0.3, 0.4) is 0 Å². The SMILES string of the molecule is Cc1ccc(OCCNC(=O)CCc2nc(-c3ccccc3)c(-c3ccccc3)o2)cc1. The molecule has 1 N–H and O–H groups in total. The molecule has 5 heteroatoms. The molecule has 5 nitrogen and oxygen atoms in total. The minimum absolute atomic E-state index is 0.0572. The van der Waals surface area contributed by atoms with Gasteiger partial charge in [-0.2, -0.15) is 0 Å². The van der Waals surface area contributed by atoms with Gasteiger partial charge in [0.1, 0.15) is 18.1 Å². The Balaban J connectivity index is 1.34. The van der Waals surface area contributed by atoms with E-state index in [1.165, 1.54) is 5.56 Å². The molecule has 3 aromatic carbocycles. The molecule has 0 spiro atoms. The molecule has 0 saturated carbocycles. The number of aromatic nitrogens is 1. The molecule has 0 fully saturated rings. The van der Waals surface area contributed by atoms with Gasteiger partial charge >= 0.3 is 0 Å². The third kappa shape index (κ3) is 5.64. The first-order valence-corrected chi connectivity index (χ1v) is 10.8. The summed E-state index contributed by atoms with van der Waals surface area (Å²) < 4.78 is 11.7. The molecule has 1 aromatic heterocycles. The number of carbonyl (C=O) groups is 1. The zero-order valence-corrected chi connectivity index (χ0v) is 18.1. The second-order valence-electron chi connectivity index (χ2n) is 7.53. The van der Waals surface area contributed by atoms with E-state index in [-0.39, 0.29) is 5.91 Å². The van der Waals surface area contributed by atoms with Gasteiger partial charge in [-0.1, -0.05) is 78.4 Å². The van der Waals surface area contributed by atoms with Gasteiger partial charge in [-0.3, -0.25) is 4.79 Å². The van der Waals surface area contributed by atoms with Gasteiger partial charge in [-0.15, -0.1) is 0 Å². The van der Waals surface area contributed by atoms with Crippen molar-refractivity contribution in [2.45, 2.75) is 19.8 Å². The highest BCUT2D eigenvalue weighted by Gasteiger charge is 2.17. The highest BCUT2D eigenvalue weighted by atomic mass is 16.5. The van der Waals surface area contributed by atoms with E-state index >= 15 is 0 Å². The summed E-state index contributed by atoms with van der Waals surface area (Å²) in [7, 11) is 0. The largest absolute Gasteiger partial charge is 0.492 e. The molecule has 0 bridgehead atoms. The maximum atomic E-state index is 12.3. The van der Waals surface area contributed by atoms with Crippen molar-refractivity contribution in [2.75, 3.05) is 13.2 Å². The third-order valence-electron chi connectivity index (χ3n) is 5.03. The smallest absolute Gasteiger partial charge is 0.220 e. The highest BCUT2D eigenvalue weighted by Crippen LogP contribution is 2.32. The Morgan fingerprint density at radius 2 is 1.56 bits per heavy atom. The van der Waals surface area contributed by atoms with Gasteiger partial charge in [-0.25, -0.2) is 4.98 Å². The van der Waals surface area contributed by atoms with Crippen LogP contribution in [0.2, 0.25) is 0 Å². The Kier molecular flexibility index (Phi) is 6.98. The monoisotopic (exact) mass is 426 g/mol. The quantitative estimate of drug-likeness (QED) is 0.362. The van der Waals surface area contributed by atoms with Gasteiger partial charge in [0.25, 0.3) is 0 Å². The molecule has 0 aliphatic carbocycles. The Morgan fingerprint density at radius 1 is 0.906 bits per heavy atom. The summed E-state index contributed by atoms with van der Waals surface area (Å²) in [5.41, 5.74) is 3.92. The first-order chi connectivity index (χ1) is 15.7. The van der Waals surface area contributed by atoms with E-state index in [1.807, 2.05) is 91.9 Å². The molecule has 0 aliphatic rings. The summed E-state index contributed by atoms with van der Waals surface area (Å²) in [4.78, 5) is 17.0. The van der Waals surface area contributed by atoms with Crippen molar-refractivity contribution in [3.05, 3.63) is 96.4 Å². The number of aryl methyl sites for hydroxylation is 2. The summed E-state index contributed by atoms with van der Waals surface area (Å²) in [6.45, 7) is 2.90. The topological polar surface area (TPSA) is 64.4 Å². The Labute approximate surface area is 188 Å². The lowest BCUT2D eigenvalue weighted by Gasteiger charge is -2.07. The molecule has 162 valence electrons. The molecule has 4 aromatic rings. The number of nitrogens with zero attached hydrogens (tertiary/aromatic N) is 1. The second-order valence-corrected chi connectivity index (χ2v) is 7.53. The number of amides is 1. The van der Waals surface area contributed by atoms with Gasteiger partial charge < -0.3 is 14.5 Å². The maximum Gasteiger partial charge on any atom is 0.220 e. The van der Waals surface area contributed by atoms with Crippen LogP contribution >= 0.6 is 0 Å². The summed E-state index contributed by atoms with van der Waals surface area (Å²) >= 11 is 0. The molecule has 0 atom stereocenters. The number of carbonyl (C=O) groups excluding carboxylic acids is 1. The van der Waals surface area contributed by atoms with Crippen LogP contribution in [0.1, 0.15) is 17.9 Å². The lowest BCUT2D eigenvalue weighted by Crippen LogP contribution is -2.28. The fourth-order valence-corrected chi connectivity index (χ4v) is 3.35. The van der Waals surface area contributed by atoms with Crippen LogP contribution in [0, 0.1) is 6.92 Å². The number of nitrogens with one attached hydrogen (secondary N) is 1. The van der Waals surface area contributed by atoms with Crippen LogP contribution < -0.4 is 10.1 Å². The number of benzene rings is 3. The van der Waals surface area contributed by atoms with E-state index in [9.17, 15) is 4.79 Å². The van der Waals surface area contributed by atoms with Crippen molar-refractivity contribution in [1.82, 2.24) is 10.3 Å².